The van der Waals surface area contributed by atoms with Crippen molar-refractivity contribution in [3.05, 3.63) is 41.2 Å². The van der Waals surface area contributed by atoms with E-state index in [9.17, 15) is 14.0 Å². The Morgan fingerprint density at radius 1 is 1.37 bits per heavy atom. The summed E-state index contributed by atoms with van der Waals surface area (Å²) in [6.07, 6.45) is 0.459. The number of benzene rings is 1. The van der Waals surface area contributed by atoms with Gasteiger partial charge in [0.2, 0.25) is 5.91 Å². The first-order valence-electron chi connectivity index (χ1n) is 6.08. The fourth-order valence-electron chi connectivity index (χ4n) is 1.96. The van der Waals surface area contributed by atoms with Crippen LogP contribution >= 0.6 is 0 Å². The molecule has 1 aliphatic heterocycles. The minimum absolute atomic E-state index is 0.200. The molecule has 1 amide bonds. The third-order valence-electron chi connectivity index (χ3n) is 2.83. The van der Waals surface area contributed by atoms with Crippen molar-refractivity contribution in [1.29, 1.82) is 0 Å². The summed E-state index contributed by atoms with van der Waals surface area (Å²) in [4.78, 5) is 23.3. The van der Waals surface area contributed by atoms with E-state index in [-0.39, 0.29) is 36.6 Å². The maximum atomic E-state index is 13.8. The second kappa shape index (κ2) is 5.65. The second-order valence-corrected chi connectivity index (χ2v) is 4.10. The van der Waals surface area contributed by atoms with Crippen LogP contribution in [0.25, 0.3) is 5.70 Å². The van der Waals surface area contributed by atoms with Gasteiger partial charge in [-0.25, -0.2) is 9.18 Å². The molecule has 0 radical (unpaired) electrons. The van der Waals surface area contributed by atoms with Crippen molar-refractivity contribution in [2.24, 2.45) is 0 Å². The molecule has 1 aromatic carbocycles. The third kappa shape index (κ3) is 2.81. The largest absolute Gasteiger partial charge is 0.463 e. The summed E-state index contributed by atoms with van der Waals surface area (Å²) >= 11 is 0. The van der Waals surface area contributed by atoms with Crippen molar-refractivity contribution in [1.82, 2.24) is 5.32 Å². The molecule has 0 saturated heterocycles. The van der Waals surface area contributed by atoms with Gasteiger partial charge in [0.05, 0.1) is 17.9 Å². The lowest BCUT2D eigenvalue weighted by molar-refractivity contribution is -0.138. The zero-order valence-corrected chi connectivity index (χ0v) is 10.5. The summed E-state index contributed by atoms with van der Waals surface area (Å²) < 4.78 is 18.7. The molecule has 100 valence electrons. The normalized spacial score (nSPS) is 15.2. The molecule has 19 heavy (non-hydrogen) atoms. The van der Waals surface area contributed by atoms with Gasteiger partial charge in [-0.1, -0.05) is 12.1 Å². The fraction of sp³-hybridized carbons (Fsp3) is 0.286. The van der Waals surface area contributed by atoms with Crippen LogP contribution in [0.4, 0.5) is 4.39 Å². The number of esters is 1. The molecule has 4 nitrogen and oxygen atoms in total. The van der Waals surface area contributed by atoms with Crippen molar-refractivity contribution in [2.45, 2.75) is 19.8 Å². The van der Waals surface area contributed by atoms with Crippen LogP contribution in [0.2, 0.25) is 0 Å². The van der Waals surface area contributed by atoms with E-state index in [0.717, 1.165) is 0 Å². The Morgan fingerprint density at radius 2 is 2.11 bits per heavy atom. The predicted octanol–water partition coefficient (Wildman–Crippen LogP) is 2.01. The lowest BCUT2D eigenvalue weighted by Crippen LogP contribution is -2.30. The smallest absolute Gasteiger partial charge is 0.336 e. The van der Waals surface area contributed by atoms with Gasteiger partial charge in [-0.3, -0.25) is 4.79 Å². The zero-order valence-electron chi connectivity index (χ0n) is 10.5. The van der Waals surface area contributed by atoms with Gasteiger partial charge in [0, 0.05) is 12.0 Å². The van der Waals surface area contributed by atoms with Gasteiger partial charge in [0.25, 0.3) is 0 Å². The van der Waals surface area contributed by atoms with Crippen molar-refractivity contribution >= 4 is 17.6 Å². The van der Waals surface area contributed by atoms with Crippen LogP contribution in [-0.2, 0) is 14.3 Å². The molecule has 0 atom stereocenters. The summed E-state index contributed by atoms with van der Waals surface area (Å²) in [5, 5.41) is 2.56. The van der Waals surface area contributed by atoms with Gasteiger partial charge in [0.15, 0.2) is 0 Å². The van der Waals surface area contributed by atoms with Crippen LogP contribution in [0, 0.1) is 5.82 Å². The summed E-state index contributed by atoms with van der Waals surface area (Å²) in [5.41, 5.74) is 0.734. The predicted molar refractivity (Wildman–Crippen MR) is 67.3 cm³/mol. The van der Waals surface area contributed by atoms with Gasteiger partial charge in [0.1, 0.15) is 5.82 Å². The summed E-state index contributed by atoms with van der Waals surface area (Å²) in [6, 6.07) is 6.00. The Bertz CT molecular complexity index is 551. The fourth-order valence-corrected chi connectivity index (χ4v) is 1.96. The molecule has 0 saturated carbocycles. The average molecular weight is 263 g/mol. The van der Waals surface area contributed by atoms with Gasteiger partial charge < -0.3 is 10.1 Å². The molecule has 0 aliphatic carbocycles. The zero-order chi connectivity index (χ0) is 13.8. The van der Waals surface area contributed by atoms with E-state index < -0.39 is 11.8 Å². The van der Waals surface area contributed by atoms with Crippen LogP contribution in [0.15, 0.2) is 29.8 Å². The van der Waals surface area contributed by atoms with Crippen molar-refractivity contribution < 1.29 is 18.7 Å². The van der Waals surface area contributed by atoms with E-state index in [4.69, 9.17) is 4.74 Å². The van der Waals surface area contributed by atoms with E-state index >= 15 is 0 Å². The quantitative estimate of drug-likeness (QED) is 0.849. The van der Waals surface area contributed by atoms with Crippen LogP contribution in [0.1, 0.15) is 25.3 Å². The molecule has 0 spiro atoms. The van der Waals surface area contributed by atoms with E-state index in [1.54, 1.807) is 19.1 Å². The van der Waals surface area contributed by atoms with Gasteiger partial charge in [-0.2, -0.15) is 0 Å². The summed E-state index contributed by atoms with van der Waals surface area (Å²) in [5.74, 6) is -1.23. The monoisotopic (exact) mass is 263 g/mol. The van der Waals surface area contributed by atoms with Gasteiger partial charge in [-0.05, 0) is 25.5 Å². The number of hydrogen-bond donors (Lipinski definition) is 1. The highest BCUT2D eigenvalue weighted by atomic mass is 19.1. The molecule has 0 fully saturated rings. The van der Waals surface area contributed by atoms with Crippen LogP contribution in [-0.4, -0.2) is 18.5 Å². The van der Waals surface area contributed by atoms with Crippen molar-refractivity contribution in [3.8, 4) is 0 Å². The first kappa shape index (κ1) is 13.3. The topological polar surface area (TPSA) is 55.4 Å². The second-order valence-electron chi connectivity index (χ2n) is 4.10. The molecule has 0 bridgehead atoms. The van der Waals surface area contributed by atoms with Crippen molar-refractivity contribution in [2.75, 3.05) is 6.61 Å². The molecular formula is C14H14FNO3. The minimum Gasteiger partial charge on any atom is -0.463 e. The average Bonchev–Trinajstić information content (AvgIpc) is 2.39. The van der Waals surface area contributed by atoms with E-state index in [1.807, 2.05) is 0 Å². The highest BCUT2D eigenvalue weighted by Crippen LogP contribution is 2.26. The van der Waals surface area contributed by atoms with Crippen LogP contribution in [0.5, 0.6) is 0 Å². The Hall–Kier alpha value is -2.17. The Kier molecular flexibility index (Phi) is 3.94. The van der Waals surface area contributed by atoms with Gasteiger partial charge >= 0.3 is 5.97 Å². The number of amides is 1. The summed E-state index contributed by atoms with van der Waals surface area (Å²) in [6.45, 7) is 1.93. The molecule has 1 aromatic rings. The van der Waals surface area contributed by atoms with E-state index in [2.05, 4.69) is 5.32 Å². The van der Waals surface area contributed by atoms with Crippen LogP contribution in [0.3, 0.4) is 0 Å². The maximum absolute atomic E-state index is 13.8. The number of ether oxygens (including phenoxy) is 1. The summed E-state index contributed by atoms with van der Waals surface area (Å²) in [7, 11) is 0. The highest BCUT2D eigenvalue weighted by molar-refractivity contribution is 6.03. The SMILES string of the molecule is CCOC(=O)C1=C(c2ccccc2F)NC(=O)CC1. The standard InChI is InChI=1S/C14H14FNO3/c1-2-19-14(18)10-7-8-12(17)16-13(10)9-5-3-4-6-11(9)15/h3-6H,2,7-8H2,1H3,(H,16,17). The van der Waals surface area contributed by atoms with Gasteiger partial charge in [-0.15, -0.1) is 0 Å². The first-order valence-corrected chi connectivity index (χ1v) is 6.08. The molecular weight excluding hydrogens is 249 g/mol. The molecule has 0 unspecified atom stereocenters. The number of nitrogens with one attached hydrogen (secondary N) is 1. The third-order valence-corrected chi connectivity index (χ3v) is 2.83. The van der Waals surface area contributed by atoms with E-state index in [1.165, 1.54) is 12.1 Å². The molecule has 1 heterocycles. The molecule has 2 rings (SSSR count). The highest BCUT2D eigenvalue weighted by Gasteiger charge is 2.26. The lowest BCUT2D eigenvalue weighted by atomic mass is 9.98. The molecule has 5 heteroatoms. The number of halogens is 1. The van der Waals surface area contributed by atoms with E-state index in [0.29, 0.717) is 5.57 Å². The first-order chi connectivity index (χ1) is 9.13. The minimum atomic E-state index is -0.513. The molecule has 0 aromatic heterocycles. The number of carbonyl (C=O) groups excluding carboxylic acids is 2. The molecule has 1 N–H and O–H groups in total. The maximum Gasteiger partial charge on any atom is 0.336 e. The Morgan fingerprint density at radius 3 is 2.79 bits per heavy atom. The Labute approximate surface area is 110 Å². The number of hydrogen-bond acceptors (Lipinski definition) is 3. The number of rotatable bonds is 3. The Balaban J connectivity index is 2.48. The lowest BCUT2D eigenvalue weighted by Gasteiger charge is -2.20. The van der Waals surface area contributed by atoms with Crippen LogP contribution < -0.4 is 5.32 Å². The molecule has 1 aliphatic rings. The van der Waals surface area contributed by atoms with Crippen molar-refractivity contribution in [3.63, 3.8) is 0 Å². The number of carbonyl (C=O) groups is 2.